The van der Waals surface area contributed by atoms with Crippen LogP contribution in [0.4, 0.5) is 38.0 Å². The Bertz CT molecular complexity index is 1120. The number of aromatic nitrogens is 4. The van der Waals surface area contributed by atoms with Crippen molar-refractivity contribution in [2.75, 3.05) is 16.0 Å². The summed E-state index contributed by atoms with van der Waals surface area (Å²) in [6, 6.07) is 18.3. The molecule has 4 aromatic rings. The number of nitrogens with one attached hydrogen (secondary N) is 3. The molecule has 0 aliphatic carbocycles. The highest BCUT2D eigenvalue weighted by Crippen LogP contribution is 2.19. The lowest BCUT2D eigenvalue weighted by Gasteiger charge is -2.11. The SMILES string of the molecule is Fc1ccc(Nc2nc(NCc3ccnc(F)c3)nc(Nc3ccccc3)n2)cc1. The van der Waals surface area contributed by atoms with Gasteiger partial charge < -0.3 is 16.0 Å². The minimum Gasteiger partial charge on any atom is -0.350 e. The van der Waals surface area contributed by atoms with Gasteiger partial charge in [-0.1, -0.05) is 18.2 Å². The molecule has 2 aromatic heterocycles. The van der Waals surface area contributed by atoms with Crippen molar-refractivity contribution in [2.24, 2.45) is 0 Å². The highest BCUT2D eigenvalue weighted by atomic mass is 19.1. The van der Waals surface area contributed by atoms with Gasteiger partial charge in [-0.05, 0) is 54.1 Å². The largest absolute Gasteiger partial charge is 0.350 e. The summed E-state index contributed by atoms with van der Waals surface area (Å²) in [4.78, 5) is 16.6. The zero-order valence-corrected chi connectivity index (χ0v) is 15.7. The summed E-state index contributed by atoms with van der Waals surface area (Å²) in [5.74, 6) is -0.0439. The van der Waals surface area contributed by atoms with Crippen LogP contribution in [0.5, 0.6) is 0 Å². The molecular weight excluding hydrogens is 388 g/mol. The second-order valence-electron chi connectivity index (χ2n) is 6.27. The van der Waals surface area contributed by atoms with Crippen LogP contribution in [0.1, 0.15) is 5.56 Å². The lowest BCUT2D eigenvalue weighted by Crippen LogP contribution is -2.10. The highest BCUT2D eigenvalue weighted by Gasteiger charge is 2.08. The van der Waals surface area contributed by atoms with E-state index in [-0.39, 0.29) is 17.7 Å². The average molecular weight is 405 g/mol. The van der Waals surface area contributed by atoms with E-state index < -0.39 is 5.95 Å². The molecule has 150 valence electrons. The van der Waals surface area contributed by atoms with Gasteiger partial charge in [0.1, 0.15) is 5.82 Å². The first-order chi connectivity index (χ1) is 14.6. The normalized spacial score (nSPS) is 10.5. The Balaban J connectivity index is 1.58. The zero-order valence-electron chi connectivity index (χ0n) is 15.7. The highest BCUT2D eigenvalue weighted by molar-refractivity contribution is 5.59. The number of rotatable bonds is 7. The van der Waals surface area contributed by atoms with Crippen molar-refractivity contribution in [1.29, 1.82) is 0 Å². The maximum Gasteiger partial charge on any atom is 0.233 e. The molecule has 0 saturated carbocycles. The van der Waals surface area contributed by atoms with Crippen LogP contribution in [-0.4, -0.2) is 19.9 Å². The van der Waals surface area contributed by atoms with E-state index >= 15 is 0 Å². The van der Waals surface area contributed by atoms with Crippen LogP contribution >= 0.6 is 0 Å². The molecule has 9 heteroatoms. The maximum absolute atomic E-state index is 13.3. The van der Waals surface area contributed by atoms with E-state index in [0.717, 1.165) is 5.69 Å². The van der Waals surface area contributed by atoms with Gasteiger partial charge in [-0.15, -0.1) is 0 Å². The van der Waals surface area contributed by atoms with Gasteiger partial charge in [-0.2, -0.15) is 19.3 Å². The topological polar surface area (TPSA) is 87.7 Å². The zero-order chi connectivity index (χ0) is 20.8. The third-order valence-electron chi connectivity index (χ3n) is 4.01. The van der Waals surface area contributed by atoms with Crippen LogP contribution in [0, 0.1) is 11.8 Å². The molecule has 2 heterocycles. The summed E-state index contributed by atoms with van der Waals surface area (Å²) >= 11 is 0. The number of halogens is 2. The Hall–Kier alpha value is -4.14. The fourth-order valence-electron chi connectivity index (χ4n) is 2.61. The summed E-state index contributed by atoms with van der Waals surface area (Å²) in [5, 5.41) is 9.19. The molecule has 0 fully saturated rings. The van der Waals surface area contributed by atoms with E-state index in [2.05, 4.69) is 35.9 Å². The molecular formula is C21H17F2N7. The van der Waals surface area contributed by atoms with E-state index in [1.165, 1.54) is 24.4 Å². The third kappa shape index (κ3) is 5.22. The van der Waals surface area contributed by atoms with E-state index in [1.807, 2.05) is 30.3 Å². The van der Waals surface area contributed by atoms with Crippen molar-refractivity contribution in [3.05, 3.63) is 90.3 Å². The van der Waals surface area contributed by atoms with Gasteiger partial charge in [0.05, 0.1) is 0 Å². The Kier molecular flexibility index (Phi) is 5.70. The molecule has 30 heavy (non-hydrogen) atoms. The molecule has 3 N–H and O–H groups in total. The molecule has 2 aromatic carbocycles. The third-order valence-corrected chi connectivity index (χ3v) is 4.01. The molecule has 0 atom stereocenters. The molecule has 0 spiro atoms. The van der Waals surface area contributed by atoms with E-state index in [9.17, 15) is 8.78 Å². The molecule has 0 radical (unpaired) electrons. The lowest BCUT2D eigenvalue weighted by atomic mass is 10.3. The molecule has 0 bridgehead atoms. The Morgan fingerprint density at radius 2 is 1.33 bits per heavy atom. The number of nitrogens with zero attached hydrogens (tertiary/aromatic N) is 4. The van der Waals surface area contributed by atoms with Crippen LogP contribution in [0.2, 0.25) is 0 Å². The maximum atomic E-state index is 13.3. The molecule has 0 aliphatic heterocycles. The summed E-state index contributed by atoms with van der Waals surface area (Å²) in [6.45, 7) is 0.296. The first-order valence-electron chi connectivity index (χ1n) is 9.09. The Morgan fingerprint density at radius 1 is 0.700 bits per heavy atom. The number of para-hydroxylation sites is 1. The standard InChI is InChI=1S/C21H17F2N7/c22-15-6-8-17(9-7-15)27-21-29-19(25-13-14-10-11-24-18(23)12-14)28-20(30-21)26-16-4-2-1-3-5-16/h1-12H,13H2,(H3,25,26,27,28,29,30). The van der Waals surface area contributed by atoms with Gasteiger partial charge in [0.15, 0.2) is 0 Å². The first-order valence-corrected chi connectivity index (χ1v) is 9.09. The number of anilines is 5. The van der Waals surface area contributed by atoms with Gasteiger partial charge in [0.25, 0.3) is 0 Å². The minimum atomic E-state index is -0.560. The van der Waals surface area contributed by atoms with Gasteiger partial charge in [0.2, 0.25) is 23.8 Å². The molecule has 0 amide bonds. The van der Waals surface area contributed by atoms with Gasteiger partial charge >= 0.3 is 0 Å². The summed E-state index contributed by atoms with van der Waals surface area (Å²) in [5.41, 5.74) is 2.11. The molecule has 4 rings (SSSR count). The molecule has 0 aliphatic rings. The predicted octanol–water partition coefficient (Wildman–Crippen LogP) is 4.64. The number of hydrogen-bond donors (Lipinski definition) is 3. The number of pyridine rings is 1. The molecule has 0 unspecified atom stereocenters. The summed E-state index contributed by atoms with van der Waals surface area (Å²) in [7, 11) is 0. The fraction of sp³-hybridized carbons (Fsp3) is 0.0476. The van der Waals surface area contributed by atoms with Crippen LogP contribution in [0.3, 0.4) is 0 Å². The molecule has 0 saturated heterocycles. The van der Waals surface area contributed by atoms with Crippen LogP contribution in [-0.2, 0) is 6.54 Å². The number of hydrogen-bond acceptors (Lipinski definition) is 7. The van der Waals surface area contributed by atoms with Crippen molar-refractivity contribution in [2.45, 2.75) is 6.54 Å². The average Bonchev–Trinajstić information content (AvgIpc) is 2.75. The van der Waals surface area contributed by atoms with Crippen molar-refractivity contribution in [1.82, 2.24) is 19.9 Å². The second-order valence-corrected chi connectivity index (χ2v) is 6.27. The predicted molar refractivity (Wildman–Crippen MR) is 111 cm³/mol. The Morgan fingerprint density at radius 3 is 2.00 bits per heavy atom. The first kappa shape index (κ1) is 19.2. The summed E-state index contributed by atoms with van der Waals surface area (Å²) in [6.07, 6.45) is 1.39. The fourth-order valence-corrected chi connectivity index (χ4v) is 2.61. The van der Waals surface area contributed by atoms with E-state index in [0.29, 0.717) is 23.7 Å². The molecule has 7 nitrogen and oxygen atoms in total. The van der Waals surface area contributed by atoms with Crippen LogP contribution in [0.15, 0.2) is 72.9 Å². The van der Waals surface area contributed by atoms with Gasteiger partial charge in [-0.25, -0.2) is 9.37 Å². The smallest absolute Gasteiger partial charge is 0.233 e. The van der Waals surface area contributed by atoms with Gasteiger partial charge in [0, 0.05) is 24.1 Å². The van der Waals surface area contributed by atoms with E-state index in [4.69, 9.17) is 0 Å². The number of benzene rings is 2. The lowest BCUT2D eigenvalue weighted by molar-refractivity contribution is 0.581. The van der Waals surface area contributed by atoms with Crippen molar-refractivity contribution in [3.8, 4) is 0 Å². The van der Waals surface area contributed by atoms with Crippen molar-refractivity contribution >= 4 is 29.2 Å². The minimum absolute atomic E-state index is 0.262. The second kappa shape index (κ2) is 8.91. The summed E-state index contributed by atoms with van der Waals surface area (Å²) < 4.78 is 26.5. The van der Waals surface area contributed by atoms with Crippen LogP contribution < -0.4 is 16.0 Å². The van der Waals surface area contributed by atoms with Crippen LogP contribution in [0.25, 0.3) is 0 Å². The van der Waals surface area contributed by atoms with E-state index in [1.54, 1.807) is 18.2 Å². The Labute approximate surface area is 171 Å². The van der Waals surface area contributed by atoms with Crippen molar-refractivity contribution < 1.29 is 8.78 Å². The monoisotopic (exact) mass is 405 g/mol. The van der Waals surface area contributed by atoms with Crippen molar-refractivity contribution in [3.63, 3.8) is 0 Å². The van der Waals surface area contributed by atoms with Gasteiger partial charge in [-0.3, -0.25) is 0 Å². The quantitative estimate of drug-likeness (QED) is 0.386.